The number of hydrogen-bond donors (Lipinski definition) is 1. The lowest BCUT2D eigenvalue weighted by Crippen LogP contribution is -2.23. The molecule has 0 aliphatic heterocycles. The van der Waals surface area contributed by atoms with Crippen molar-refractivity contribution in [2.45, 2.75) is 50.8 Å². The number of amides is 1. The molecule has 1 amide bonds. The zero-order valence-corrected chi connectivity index (χ0v) is 21.0. The van der Waals surface area contributed by atoms with Crippen molar-refractivity contribution in [1.82, 2.24) is 14.8 Å². The number of anilines is 1. The molecule has 2 aromatic carbocycles. The highest BCUT2D eigenvalue weighted by atomic mass is 35.5. The van der Waals surface area contributed by atoms with E-state index in [0.29, 0.717) is 39.9 Å². The Balaban J connectivity index is 1.76. The van der Waals surface area contributed by atoms with Gasteiger partial charge in [0.25, 0.3) is 0 Å². The Morgan fingerprint density at radius 1 is 1.12 bits per heavy atom. The topological polar surface area (TPSA) is 69.0 Å². The maximum atomic E-state index is 13.4. The second kappa shape index (κ2) is 11.2. The molecule has 1 N–H and O–H groups in total. The summed E-state index contributed by atoms with van der Waals surface area (Å²) in [6.45, 7) is 8.48. The number of rotatable bonds is 9. The van der Waals surface area contributed by atoms with Gasteiger partial charge in [0.2, 0.25) is 5.91 Å². The lowest BCUT2D eigenvalue weighted by molar-refractivity contribution is -0.115. The summed E-state index contributed by atoms with van der Waals surface area (Å²) in [5.74, 6) is 0.718. The van der Waals surface area contributed by atoms with E-state index in [2.05, 4.69) is 29.4 Å². The maximum Gasteiger partial charge on any atom is 0.237 e. The van der Waals surface area contributed by atoms with Gasteiger partial charge in [0.05, 0.1) is 15.3 Å². The fraction of sp³-hybridized carbons (Fsp3) is 0.348. The summed E-state index contributed by atoms with van der Waals surface area (Å²) < 4.78 is 21.4. The Hall–Kier alpha value is -2.29. The van der Waals surface area contributed by atoms with Crippen molar-refractivity contribution in [3.63, 3.8) is 0 Å². The standard InChI is InChI=1S/C23H25Cl2FN4O2S/c1-13(2)12-30-21(14(3)32-20-8-6-5-7-17(20)24)28-29-23(30)33-15(4)22(31)27-16-9-10-19(26)18(25)11-16/h5-11,13-15H,12H2,1-4H3,(H,27,31). The highest BCUT2D eigenvalue weighted by Gasteiger charge is 2.24. The molecule has 10 heteroatoms. The van der Waals surface area contributed by atoms with Crippen LogP contribution in [0.5, 0.6) is 5.75 Å². The molecule has 6 nitrogen and oxygen atoms in total. The molecule has 1 aromatic heterocycles. The number of ether oxygens (including phenoxy) is 1. The summed E-state index contributed by atoms with van der Waals surface area (Å²) in [7, 11) is 0. The van der Waals surface area contributed by atoms with Crippen molar-refractivity contribution >= 4 is 46.6 Å². The molecule has 2 unspecified atom stereocenters. The Morgan fingerprint density at radius 2 is 1.85 bits per heavy atom. The average molecular weight is 511 g/mol. The van der Waals surface area contributed by atoms with E-state index in [4.69, 9.17) is 27.9 Å². The minimum Gasteiger partial charge on any atom is -0.481 e. The van der Waals surface area contributed by atoms with Gasteiger partial charge in [-0.15, -0.1) is 10.2 Å². The van der Waals surface area contributed by atoms with Crippen LogP contribution < -0.4 is 10.1 Å². The van der Waals surface area contributed by atoms with E-state index in [1.807, 2.05) is 23.6 Å². The number of carbonyl (C=O) groups excluding carboxylic acids is 1. The molecule has 3 aromatic rings. The number of hydrogen-bond acceptors (Lipinski definition) is 5. The van der Waals surface area contributed by atoms with E-state index in [9.17, 15) is 9.18 Å². The van der Waals surface area contributed by atoms with Crippen LogP contribution in [0.4, 0.5) is 10.1 Å². The molecule has 0 saturated carbocycles. The second-order valence-corrected chi connectivity index (χ2v) is 10.0. The lowest BCUT2D eigenvalue weighted by Gasteiger charge is -2.19. The predicted molar refractivity (Wildman–Crippen MR) is 131 cm³/mol. The molecule has 3 rings (SSSR count). The van der Waals surface area contributed by atoms with Crippen LogP contribution in [0.2, 0.25) is 10.0 Å². The fourth-order valence-corrected chi connectivity index (χ4v) is 4.26. The Bertz CT molecular complexity index is 1130. The van der Waals surface area contributed by atoms with Crippen molar-refractivity contribution in [1.29, 1.82) is 0 Å². The molecule has 0 aliphatic carbocycles. The van der Waals surface area contributed by atoms with Crippen molar-refractivity contribution < 1.29 is 13.9 Å². The first-order chi connectivity index (χ1) is 15.7. The van der Waals surface area contributed by atoms with Crippen LogP contribution in [-0.2, 0) is 11.3 Å². The van der Waals surface area contributed by atoms with Crippen LogP contribution in [0.15, 0.2) is 47.6 Å². The molecule has 0 aliphatic rings. The number of nitrogens with one attached hydrogen (secondary N) is 1. The number of para-hydroxylation sites is 1. The molecule has 0 radical (unpaired) electrons. The number of aromatic nitrogens is 3. The van der Waals surface area contributed by atoms with Crippen molar-refractivity contribution in [2.75, 3.05) is 5.32 Å². The molecule has 0 saturated heterocycles. The molecular weight excluding hydrogens is 486 g/mol. The normalized spacial score (nSPS) is 13.1. The largest absolute Gasteiger partial charge is 0.481 e. The first kappa shape index (κ1) is 25.3. The van der Waals surface area contributed by atoms with E-state index >= 15 is 0 Å². The first-order valence-corrected chi connectivity index (χ1v) is 12.1. The minimum atomic E-state index is -0.542. The van der Waals surface area contributed by atoms with Crippen LogP contribution in [0.25, 0.3) is 0 Å². The van der Waals surface area contributed by atoms with Crippen LogP contribution in [0, 0.1) is 11.7 Å². The van der Waals surface area contributed by atoms with E-state index in [-0.39, 0.29) is 10.9 Å². The van der Waals surface area contributed by atoms with Gasteiger partial charge in [-0.3, -0.25) is 4.79 Å². The van der Waals surface area contributed by atoms with E-state index in [0.717, 1.165) is 0 Å². The number of nitrogens with zero attached hydrogens (tertiary/aromatic N) is 3. The highest BCUT2D eigenvalue weighted by Crippen LogP contribution is 2.31. The first-order valence-electron chi connectivity index (χ1n) is 10.4. The summed E-state index contributed by atoms with van der Waals surface area (Å²) in [6, 6.07) is 11.3. The molecule has 176 valence electrons. The highest BCUT2D eigenvalue weighted by molar-refractivity contribution is 8.00. The third kappa shape index (κ3) is 6.62. The molecule has 0 fully saturated rings. The summed E-state index contributed by atoms with van der Waals surface area (Å²) >= 11 is 13.3. The van der Waals surface area contributed by atoms with Gasteiger partial charge in [-0.25, -0.2) is 4.39 Å². The molecule has 33 heavy (non-hydrogen) atoms. The SMILES string of the molecule is CC(C)Cn1c(SC(C)C(=O)Nc2ccc(F)c(Cl)c2)nnc1C(C)Oc1ccccc1Cl. The van der Waals surface area contributed by atoms with Crippen LogP contribution in [0.3, 0.4) is 0 Å². The number of thioether (sulfide) groups is 1. The van der Waals surface area contributed by atoms with Gasteiger partial charge >= 0.3 is 0 Å². The number of benzene rings is 2. The molecular formula is C23H25Cl2FN4O2S. The van der Waals surface area contributed by atoms with Crippen LogP contribution in [-0.4, -0.2) is 25.9 Å². The predicted octanol–water partition coefficient (Wildman–Crippen LogP) is 6.64. The van der Waals surface area contributed by atoms with Crippen LogP contribution in [0.1, 0.15) is 39.6 Å². The van der Waals surface area contributed by atoms with Gasteiger partial charge in [-0.05, 0) is 50.1 Å². The third-order valence-corrected chi connectivity index (χ3v) is 6.32. The zero-order chi connectivity index (χ0) is 24.1. The van der Waals surface area contributed by atoms with E-state index in [1.165, 1.54) is 30.0 Å². The van der Waals surface area contributed by atoms with Crippen molar-refractivity contribution in [3.8, 4) is 5.75 Å². The van der Waals surface area contributed by atoms with Gasteiger partial charge < -0.3 is 14.6 Å². The van der Waals surface area contributed by atoms with E-state index < -0.39 is 17.2 Å². The molecule has 0 spiro atoms. The lowest BCUT2D eigenvalue weighted by atomic mass is 10.2. The van der Waals surface area contributed by atoms with Gasteiger partial charge in [0.1, 0.15) is 11.6 Å². The molecule has 1 heterocycles. The van der Waals surface area contributed by atoms with Crippen LogP contribution >= 0.6 is 35.0 Å². The van der Waals surface area contributed by atoms with Gasteiger partial charge in [-0.1, -0.05) is 60.9 Å². The Kier molecular flexibility index (Phi) is 8.62. The summed E-state index contributed by atoms with van der Waals surface area (Å²) in [6.07, 6.45) is -0.406. The van der Waals surface area contributed by atoms with E-state index in [1.54, 1.807) is 19.1 Å². The zero-order valence-electron chi connectivity index (χ0n) is 18.7. The fourth-order valence-electron chi connectivity index (χ4n) is 3.04. The van der Waals surface area contributed by atoms with Gasteiger partial charge in [0, 0.05) is 12.2 Å². The second-order valence-electron chi connectivity index (χ2n) is 7.91. The smallest absolute Gasteiger partial charge is 0.237 e. The average Bonchev–Trinajstić information content (AvgIpc) is 3.14. The van der Waals surface area contributed by atoms with Crippen molar-refractivity contribution in [2.24, 2.45) is 5.92 Å². The number of carbonyl (C=O) groups is 1. The quantitative estimate of drug-likeness (QED) is 0.326. The van der Waals surface area contributed by atoms with Gasteiger partial charge in [0.15, 0.2) is 17.1 Å². The molecule has 2 atom stereocenters. The third-order valence-electron chi connectivity index (χ3n) is 4.64. The number of halogens is 3. The Morgan fingerprint density at radius 3 is 2.52 bits per heavy atom. The minimum absolute atomic E-state index is 0.0538. The summed E-state index contributed by atoms with van der Waals surface area (Å²) in [5.41, 5.74) is 0.421. The summed E-state index contributed by atoms with van der Waals surface area (Å²) in [5, 5.41) is 12.0. The molecule has 0 bridgehead atoms. The van der Waals surface area contributed by atoms with Crippen molar-refractivity contribution in [3.05, 3.63) is 64.2 Å². The Labute approximate surface area is 206 Å². The maximum absolute atomic E-state index is 13.4. The van der Waals surface area contributed by atoms with Gasteiger partial charge in [-0.2, -0.15) is 0 Å². The monoisotopic (exact) mass is 510 g/mol. The summed E-state index contributed by atoms with van der Waals surface area (Å²) in [4.78, 5) is 12.7.